The number of hydrogen-bond acceptors (Lipinski definition) is 6. The first-order valence-corrected chi connectivity index (χ1v) is 11.6. The Hall–Kier alpha value is -2.09. The number of carbonyl (C=O) groups excluding carboxylic acids is 1. The van der Waals surface area contributed by atoms with E-state index in [4.69, 9.17) is 14.5 Å². The maximum absolute atomic E-state index is 13.7. The lowest BCUT2D eigenvalue weighted by Crippen LogP contribution is -2.37. The number of benzene rings is 2. The number of ether oxygens (including phenoxy) is 2. The van der Waals surface area contributed by atoms with E-state index < -0.39 is 0 Å². The molecule has 1 atom stereocenters. The van der Waals surface area contributed by atoms with E-state index in [9.17, 15) is 4.79 Å². The largest absolute Gasteiger partial charge is 0.494 e. The predicted octanol–water partition coefficient (Wildman–Crippen LogP) is 5.24. The van der Waals surface area contributed by atoms with E-state index >= 15 is 0 Å². The van der Waals surface area contributed by atoms with Gasteiger partial charge in [-0.15, -0.1) is 11.8 Å². The summed E-state index contributed by atoms with van der Waals surface area (Å²) < 4.78 is 12.3. The lowest BCUT2D eigenvalue weighted by Gasteiger charge is -2.24. The summed E-state index contributed by atoms with van der Waals surface area (Å²) in [5.41, 5.74) is 1.50. The Morgan fingerprint density at radius 2 is 2.17 bits per heavy atom. The van der Waals surface area contributed by atoms with E-state index in [0.29, 0.717) is 17.2 Å². The maximum Gasteiger partial charge on any atom is 0.261 e. The Morgan fingerprint density at radius 1 is 1.31 bits per heavy atom. The minimum absolute atomic E-state index is 0.0323. The predicted molar refractivity (Wildman–Crippen MR) is 120 cm³/mol. The SMILES string of the molecule is CCSc1ccccc1C(=O)N(CC1CCCO1)c1nc2c(OC)cccc2s1. The lowest BCUT2D eigenvalue weighted by molar-refractivity contribution is 0.0915. The monoisotopic (exact) mass is 428 g/mol. The maximum atomic E-state index is 13.7. The fourth-order valence-corrected chi connectivity index (χ4v) is 5.29. The van der Waals surface area contributed by atoms with Crippen LogP contribution in [-0.2, 0) is 4.74 Å². The molecule has 3 aromatic rings. The average molecular weight is 429 g/mol. The Balaban J connectivity index is 1.75. The van der Waals surface area contributed by atoms with Crippen molar-refractivity contribution in [2.45, 2.75) is 30.8 Å². The molecule has 1 aliphatic rings. The minimum Gasteiger partial charge on any atom is -0.494 e. The average Bonchev–Trinajstić information content (AvgIpc) is 3.41. The van der Waals surface area contributed by atoms with Crippen molar-refractivity contribution in [3.05, 3.63) is 48.0 Å². The lowest BCUT2D eigenvalue weighted by atomic mass is 10.1. The summed E-state index contributed by atoms with van der Waals surface area (Å²) >= 11 is 3.19. The molecule has 2 aromatic carbocycles. The van der Waals surface area contributed by atoms with Crippen LogP contribution in [0.1, 0.15) is 30.1 Å². The van der Waals surface area contributed by atoms with Gasteiger partial charge in [0.1, 0.15) is 11.3 Å². The van der Waals surface area contributed by atoms with Gasteiger partial charge in [0.2, 0.25) is 0 Å². The van der Waals surface area contributed by atoms with Crippen LogP contribution in [0.5, 0.6) is 5.75 Å². The molecule has 1 amide bonds. The number of carbonyl (C=O) groups is 1. The number of methoxy groups -OCH3 is 1. The molecule has 1 fully saturated rings. The third kappa shape index (κ3) is 4.27. The molecule has 0 saturated carbocycles. The molecule has 0 N–H and O–H groups in total. The molecular formula is C22H24N2O3S2. The number of aromatic nitrogens is 1. The third-order valence-corrected chi connectivity index (χ3v) is 6.89. The highest BCUT2D eigenvalue weighted by molar-refractivity contribution is 7.99. The highest BCUT2D eigenvalue weighted by atomic mass is 32.2. The van der Waals surface area contributed by atoms with Crippen LogP contribution in [0.15, 0.2) is 47.4 Å². The fourth-order valence-electron chi connectivity index (χ4n) is 3.50. The smallest absolute Gasteiger partial charge is 0.261 e. The number of anilines is 1. The highest BCUT2D eigenvalue weighted by Gasteiger charge is 2.28. The Kier molecular flexibility index (Phi) is 6.37. The van der Waals surface area contributed by atoms with Crippen molar-refractivity contribution < 1.29 is 14.3 Å². The van der Waals surface area contributed by atoms with Crippen LogP contribution in [0.4, 0.5) is 5.13 Å². The molecular weight excluding hydrogens is 404 g/mol. The second-order valence-corrected chi connectivity index (χ2v) is 9.10. The van der Waals surface area contributed by atoms with Gasteiger partial charge in [-0.25, -0.2) is 4.98 Å². The van der Waals surface area contributed by atoms with Gasteiger partial charge in [-0.2, -0.15) is 0 Å². The molecule has 0 bridgehead atoms. The second kappa shape index (κ2) is 9.15. The summed E-state index contributed by atoms with van der Waals surface area (Å²) in [6, 6.07) is 13.6. The van der Waals surface area contributed by atoms with E-state index in [2.05, 4.69) is 6.92 Å². The quantitative estimate of drug-likeness (QED) is 0.482. The van der Waals surface area contributed by atoms with Crippen LogP contribution in [0.25, 0.3) is 10.2 Å². The first-order valence-electron chi connectivity index (χ1n) is 9.80. The van der Waals surface area contributed by atoms with Gasteiger partial charge in [-0.1, -0.05) is 36.5 Å². The number of thiazole rings is 1. The van der Waals surface area contributed by atoms with Crippen LogP contribution in [0.3, 0.4) is 0 Å². The van der Waals surface area contributed by atoms with Gasteiger partial charge in [0, 0.05) is 11.5 Å². The molecule has 152 valence electrons. The molecule has 1 aliphatic heterocycles. The van der Waals surface area contributed by atoms with Gasteiger partial charge < -0.3 is 9.47 Å². The van der Waals surface area contributed by atoms with E-state index in [-0.39, 0.29) is 12.0 Å². The molecule has 5 nitrogen and oxygen atoms in total. The van der Waals surface area contributed by atoms with Crippen molar-refractivity contribution in [3.63, 3.8) is 0 Å². The standard InChI is InChI=1S/C22H24N2O3S2/c1-3-28-18-11-5-4-9-16(18)21(25)24(14-15-8-7-13-27-15)22-23-20-17(26-2)10-6-12-19(20)29-22/h4-6,9-12,15H,3,7-8,13-14H2,1-2H3. The van der Waals surface area contributed by atoms with Crippen molar-refractivity contribution in [1.82, 2.24) is 4.98 Å². The van der Waals surface area contributed by atoms with Crippen LogP contribution in [0.2, 0.25) is 0 Å². The van der Waals surface area contributed by atoms with Gasteiger partial charge in [-0.05, 0) is 42.9 Å². The van der Waals surface area contributed by atoms with E-state index in [1.54, 1.807) is 23.8 Å². The summed E-state index contributed by atoms with van der Waals surface area (Å²) in [5.74, 6) is 1.60. The van der Waals surface area contributed by atoms with E-state index in [1.807, 2.05) is 42.5 Å². The zero-order valence-electron chi connectivity index (χ0n) is 16.6. The van der Waals surface area contributed by atoms with Crippen molar-refractivity contribution in [1.29, 1.82) is 0 Å². The molecule has 1 aromatic heterocycles. The van der Waals surface area contributed by atoms with Crippen LogP contribution in [-0.4, -0.2) is 43.0 Å². The molecule has 0 aliphatic carbocycles. The summed E-state index contributed by atoms with van der Waals surface area (Å²) in [5, 5.41) is 0.682. The topological polar surface area (TPSA) is 51.7 Å². The number of para-hydroxylation sites is 1. The number of nitrogens with zero attached hydrogens (tertiary/aromatic N) is 2. The number of thioether (sulfide) groups is 1. The van der Waals surface area contributed by atoms with Crippen LogP contribution in [0, 0.1) is 0 Å². The van der Waals surface area contributed by atoms with Crippen LogP contribution < -0.4 is 9.64 Å². The number of fused-ring (bicyclic) bond motifs is 1. The van der Waals surface area contributed by atoms with Crippen molar-refractivity contribution in [2.24, 2.45) is 0 Å². The van der Waals surface area contributed by atoms with E-state index in [1.165, 1.54) is 11.3 Å². The summed E-state index contributed by atoms with van der Waals surface area (Å²) in [6.07, 6.45) is 2.03. The first kappa shape index (κ1) is 20.2. The molecule has 29 heavy (non-hydrogen) atoms. The van der Waals surface area contributed by atoms with Crippen molar-refractivity contribution in [3.8, 4) is 5.75 Å². The third-order valence-electron chi connectivity index (χ3n) is 4.89. The Morgan fingerprint density at radius 3 is 2.93 bits per heavy atom. The van der Waals surface area contributed by atoms with Gasteiger partial charge in [0.05, 0.1) is 30.0 Å². The van der Waals surface area contributed by atoms with Gasteiger partial charge >= 0.3 is 0 Å². The Labute approximate surface area is 179 Å². The Bertz CT molecular complexity index is 999. The van der Waals surface area contributed by atoms with Crippen LogP contribution >= 0.6 is 23.1 Å². The summed E-state index contributed by atoms with van der Waals surface area (Å²) in [7, 11) is 1.64. The zero-order chi connectivity index (χ0) is 20.2. The fraction of sp³-hybridized carbons (Fsp3) is 0.364. The van der Waals surface area contributed by atoms with E-state index in [0.717, 1.165) is 46.1 Å². The summed E-state index contributed by atoms with van der Waals surface area (Å²) in [6.45, 7) is 3.35. The zero-order valence-corrected chi connectivity index (χ0v) is 18.2. The molecule has 0 spiro atoms. The number of amides is 1. The minimum atomic E-state index is -0.0323. The van der Waals surface area contributed by atoms with Crippen molar-refractivity contribution in [2.75, 3.05) is 30.9 Å². The summed E-state index contributed by atoms with van der Waals surface area (Å²) in [4.78, 5) is 21.2. The van der Waals surface area contributed by atoms with Gasteiger partial charge in [-0.3, -0.25) is 9.69 Å². The van der Waals surface area contributed by atoms with Gasteiger partial charge in [0.15, 0.2) is 5.13 Å². The molecule has 2 heterocycles. The van der Waals surface area contributed by atoms with Crippen molar-refractivity contribution >= 4 is 44.4 Å². The first-order chi connectivity index (χ1) is 14.2. The van der Waals surface area contributed by atoms with Gasteiger partial charge in [0.25, 0.3) is 5.91 Å². The molecule has 7 heteroatoms. The molecule has 0 radical (unpaired) electrons. The molecule has 1 unspecified atom stereocenters. The molecule has 4 rings (SSSR count). The second-order valence-electron chi connectivity index (χ2n) is 6.78. The number of hydrogen-bond donors (Lipinski definition) is 0. The normalized spacial score (nSPS) is 16.3. The highest BCUT2D eigenvalue weighted by Crippen LogP contribution is 2.36. The molecule has 1 saturated heterocycles. The number of rotatable bonds is 7.